The highest BCUT2D eigenvalue weighted by Crippen LogP contribution is 2.47. The van der Waals surface area contributed by atoms with Gasteiger partial charge in [-0.05, 0) is 106 Å². The topological polar surface area (TPSA) is 21.3 Å². The third-order valence-electron chi connectivity index (χ3n) is 12.4. The van der Waals surface area contributed by atoms with Crippen molar-refractivity contribution in [1.29, 1.82) is 0 Å². The van der Waals surface area contributed by atoms with Gasteiger partial charge < -0.3 is 13.9 Å². The summed E-state index contributed by atoms with van der Waals surface area (Å²) in [7, 11) is 0. The lowest BCUT2D eigenvalue weighted by Gasteiger charge is -2.29. The largest absolute Gasteiger partial charge is 0.456 e. The first kappa shape index (κ1) is 36.5. The molecule has 12 aromatic rings. The Kier molecular flexibility index (Phi) is 8.83. The van der Waals surface area contributed by atoms with Crippen molar-refractivity contribution in [3.05, 3.63) is 243 Å². The maximum Gasteiger partial charge on any atom is 0.137 e. The normalized spacial score (nSPS) is 11.5. The number of para-hydroxylation sites is 4. The van der Waals surface area contributed by atoms with E-state index in [4.69, 9.17) is 4.42 Å². The molecule has 10 aromatic carbocycles. The van der Waals surface area contributed by atoms with Crippen LogP contribution in [-0.4, -0.2) is 4.57 Å². The van der Waals surface area contributed by atoms with Crippen LogP contribution in [0.2, 0.25) is 0 Å². The fourth-order valence-corrected chi connectivity index (χ4v) is 9.53. The van der Waals surface area contributed by atoms with Crippen LogP contribution in [-0.2, 0) is 0 Å². The van der Waals surface area contributed by atoms with Crippen LogP contribution in [0.5, 0.6) is 0 Å². The van der Waals surface area contributed by atoms with Crippen molar-refractivity contribution in [2.45, 2.75) is 0 Å². The molecule has 0 radical (unpaired) electrons. The number of anilines is 3. The number of hydrogen-bond acceptors (Lipinski definition) is 2. The van der Waals surface area contributed by atoms with Crippen LogP contribution >= 0.6 is 0 Å². The smallest absolute Gasteiger partial charge is 0.137 e. The SMILES string of the molecule is c1ccc(-c2ccc(-c3ccccc3-c3ccccc3)c(-c3ccccc3N(c3ccc(-n4c5ccccc5c5ccccc54)cc3)c3ccc4c(c3)oc3ccccc34)c2)cc1. The summed E-state index contributed by atoms with van der Waals surface area (Å²) in [5.41, 5.74) is 17.6. The number of fused-ring (bicyclic) bond motifs is 6. The fourth-order valence-electron chi connectivity index (χ4n) is 9.53. The standard InChI is InChI=1S/C60H40N2O/c1-3-17-41(18-4-1)43-31-37-49(48-22-8-7-21-47(48)42-19-5-2-6-20-42)55(39-43)52-25-11-13-27-56(52)61(46-36-38-54-53-26-12-16-30-59(53)63-60(54)40-46)44-32-34-45(35-33-44)62-57-28-14-9-23-50(57)51-24-10-15-29-58(51)62/h1-40H. The molecule has 0 aliphatic rings. The van der Waals surface area contributed by atoms with E-state index in [0.29, 0.717) is 0 Å². The van der Waals surface area contributed by atoms with E-state index in [1.165, 1.54) is 44.1 Å². The third-order valence-corrected chi connectivity index (χ3v) is 12.4. The maximum atomic E-state index is 6.55. The Morgan fingerprint density at radius 3 is 1.57 bits per heavy atom. The van der Waals surface area contributed by atoms with Gasteiger partial charge in [0.1, 0.15) is 11.2 Å². The molecule has 3 nitrogen and oxygen atoms in total. The molecule has 0 aliphatic carbocycles. The van der Waals surface area contributed by atoms with Gasteiger partial charge in [-0.25, -0.2) is 0 Å². The minimum Gasteiger partial charge on any atom is -0.456 e. The molecular weight excluding hydrogens is 765 g/mol. The van der Waals surface area contributed by atoms with Crippen LogP contribution in [0.1, 0.15) is 0 Å². The number of benzene rings is 10. The quantitative estimate of drug-likeness (QED) is 0.153. The number of furan rings is 1. The van der Waals surface area contributed by atoms with Crippen molar-refractivity contribution in [2.75, 3.05) is 4.90 Å². The molecule has 0 fully saturated rings. The second-order valence-electron chi connectivity index (χ2n) is 16.1. The molecule has 0 atom stereocenters. The van der Waals surface area contributed by atoms with E-state index in [-0.39, 0.29) is 0 Å². The highest BCUT2D eigenvalue weighted by Gasteiger charge is 2.23. The summed E-state index contributed by atoms with van der Waals surface area (Å²) in [5.74, 6) is 0. The summed E-state index contributed by atoms with van der Waals surface area (Å²) in [6, 6.07) is 87.2. The molecule has 63 heavy (non-hydrogen) atoms. The molecule has 0 bridgehead atoms. The summed E-state index contributed by atoms with van der Waals surface area (Å²) in [5, 5.41) is 4.70. The van der Waals surface area contributed by atoms with Crippen molar-refractivity contribution in [1.82, 2.24) is 4.57 Å². The van der Waals surface area contributed by atoms with E-state index in [0.717, 1.165) is 66.9 Å². The van der Waals surface area contributed by atoms with Crippen LogP contribution in [0.4, 0.5) is 17.1 Å². The molecule has 296 valence electrons. The molecule has 2 heterocycles. The van der Waals surface area contributed by atoms with E-state index < -0.39 is 0 Å². The lowest BCUT2D eigenvalue weighted by molar-refractivity contribution is 0.669. The van der Waals surface area contributed by atoms with Crippen molar-refractivity contribution >= 4 is 60.8 Å². The molecule has 0 saturated carbocycles. The Morgan fingerprint density at radius 2 is 0.841 bits per heavy atom. The molecule has 0 N–H and O–H groups in total. The number of nitrogens with zero attached hydrogens (tertiary/aromatic N) is 2. The van der Waals surface area contributed by atoms with Gasteiger partial charge in [-0.1, -0.05) is 170 Å². The predicted molar refractivity (Wildman–Crippen MR) is 264 cm³/mol. The van der Waals surface area contributed by atoms with Crippen molar-refractivity contribution in [2.24, 2.45) is 0 Å². The van der Waals surface area contributed by atoms with Gasteiger partial charge in [-0.2, -0.15) is 0 Å². The fraction of sp³-hybridized carbons (Fsp3) is 0. The number of hydrogen-bond donors (Lipinski definition) is 0. The zero-order valence-corrected chi connectivity index (χ0v) is 34.4. The van der Waals surface area contributed by atoms with E-state index in [1.54, 1.807) is 0 Å². The van der Waals surface area contributed by atoms with Crippen molar-refractivity contribution in [3.63, 3.8) is 0 Å². The monoisotopic (exact) mass is 804 g/mol. The van der Waals surface area contributed by atoms with Gasteiger partial charge in [0.05, 0.1) is 16.7 Å². The minimum absolute atomic E-state index is 0.849. The minimum atomic E-state index is 0.849. The zero-order chi connectivity index (χ0) is 41.7. The van der Waals surface area contributed by atoms with E-state index >= 15 is 0 Å². The second-order valence-corrected chi connectivity index (χ2v) is 16.1. The Hall–Kier alpha value is -8.40. The number of aromatic nitrogens is 1. The van der Waals surface area contributed by atoms with Crippen molar-refractivity contribution < 1.29 is 4.42 Å². The van der Waals surface area contributed by atoms with Crippen LogP contribution in [0.15, 0.2) is 247 Å². The van der Waals surface area contributed by atoms with Gasteiger partial charge in [0.2, 0.25) is 0 Å². The van der Waals surface area contributed by atoms with Crippen molar-refractivity contribution in [3.8, 4) is 50.2 Å². The summed E-state index contributed by atoms with van der Waals surface area (Å²) in [6.07, 6.45) is 0. The van der Waals surface area contributed by atoms with Gasteiger partial charge in [-0.15, -0.1) is 0 Å². The lowest BCUT2D eigenvalue weighted by Crippen LogP contribution is -2.11. The Labute approximate surface area is 366 Å². The molecule has 0 amide bonds. The molecule has 0 unspecified atom stereocenters. The van der Waals surface area contributed by atoms with Crippen LogP contribution in [0.25, 0.3) is 93.9 Å². The van der Waals surface area contributed by atoms with E-state index in [9.17, 15) is 0 Å². The first-order valence-electron chi connectivity index (χ1n) is 21.5. The molecule has 0 saturated heterocycles. The van der Waals surface area contributed by atoms with Gasteiger partial charge in [-0.3, -0.25) is 0 Å². The third kappa shape index (κ3) is 6.29. The Morgan fingerprint density at radius 1 is 0.302 bits per heavy atom. The molecule has 2 aromatic heterocycles. The highest BCUT2D eigenvalue weighted by atomic mass is 16.3. The van der Waals surface area contributed by atoms with Crippen LogP contribution in [0, 0.1) is 0 Å². The zero-order valence-electron chi connectivity index (χ0n) is 34.4. The predicted octanol–water partition coefficient (Wildman–Crippen LogP) is 16.8. The summed E-state index contributed by atoms with van der Waals surface area (Å²) < 4.78 is 8.92. The summed E-state index contributed by atoms with van der Waals surface area (Å²) >= 11 is 0. The van der Waals surface area contributed by atoms with E-state index in [1.807, 2.05) is 12.1 Å². The summed E-state index contributed by atoms with van der Waals surface area (Å²) in [4.78, 5) is 2.39. The Balaban J connectivity index is 1.09. The van der Waals surface area contributed by atoms with E-state index in [2.05, 4.69) is 240 Å². The van der Waals surface area contributed by atoms with Gasteiger partial charge >= 0.3 is 0 Å². The average Bonchev–Trinajstić information content (AvgIpc) is 3.90. The first-order valence-corrected chi connectivity index (χ1v) is 21.5. The van der Waals surface area contributed by atoms with Crippen LogP contribution < -0.4 is 4.90 Å². The Bertz CT molecular complexity index is 3570. The van der Waals surface area contributed by atoms with Gasteiger partial charge in [0, 0.05) is 50.2 Å². The summed E-state index contributed by atoms with van der Waals surface area (Å²) in [6.45, 7) is 0. The number of rotatable bonds is 8. The molecule has 0 aliphatic heterocycles. The molecular formula is C60H40N2O. The van der Waals surface area contributed by atoms with Crippen LogP contribution in [0.3, 0.4) is 0 Å². The maximum absolute atomic E-state index is 6.55. The second kappa shape index (κ2) is 15.3. The average molecular weight is 805 g/mol. The molecule has 0 spiro atoms. The van der Waals surface area contributed by atoms with Gasteiger partial charge in [0.25, 0.3) is 0 Å². The first-order chi connectivity index (χ1) is 31.3. The highest BCUT2D eigenvalue weighted by molar-refractivity contribution is 6.10. The van der Waals surface area contributed by atoms with Gasteiger partial charge in [0.15, 0.2) is 0 Å². The lowest BCUT2D eigenvalue weighted by atomic mass is 9.87. The molecule has 12 rings (SSSR count). The molecule has 3 heteroatoms.